The summed E-state index contributed by atoms with van der Waals surface area (Å²) >= 11 is 2.85. The molecule has 1 atom stereocenters. The molecule has 0 saturated heterocycles. The van der Waals surface area contributed by atoms with Crippen LogP contribution in [0, 0.1) is 0 Å². The molecule has 0 aromatic rings. The van der Waals surface area contributed by atoms with Gasteiger partial charge in [0.25, 0.3) is 0 Å². The van der Waals surface area contributed by atoms with Crippen molar-refractivity contribution in [1.29, 1.82) is 0 Å². The Morgan fingerprint density at radius 3 is 2.67 bits per heavy atom. The van der Waals surface area contributed by atoms with Gasteiger partial charge < -0.3 is 0 Å². The second-order valence-corrected chi connectivity index (χ2v) is 2.97. The molecule has 0 aliphatic heterocycles. The van der Waals surface area contributed by atoms with Crippen molar-refractivity contribution in [2.45, 2.75) is 25.4 Å². The van der Waals surface area contributed by atoms with Crippen LogP contribution < -0.4 is 0 Å². The molecule has 0 heterocycles. The monoisotopic (exact) mass is 196 g/mol. The highest BCUT2D eigenvalue weighted by atomic mass is 79.9. The molecule has 0 radical (unpaired) electrons. The molecular weight excluding hydrogens is 190 g/mol. The summed E-state index contributed by atoms with van der Waals surface area (Å²) in [5, 5.41) is 0. The Morgan fingerprint density at radius 2 is 2.22 bits per heavy atom. The van der Waals surface area contributed by atoms with Crippen LogP contribution in [0.25, 0.3) is 0 Å². The van der Waals surface area contributed by atoms with Crippen molar-refractivity contribution in [2.75, 3.05) is 0 Å². The highest BCUT2D eigenvalue weighted by Gasteiger charge is 2.20. The van der Waals surface area contributed by atoms with Crippen LogP contribution in [-0.2, 0) is 0 Å². The lowest BCUT2D eigenvalue weighted by Gasteiger charge is -2.13. The third kappa shape index (κ3) is 1.51. The van der Waals surface area contributed by atoms with Gasteiger partial charge in [0.2, 0.25) is 0 Å². The standard InChI is InChI=1S/C6H7BrF2/c7-6-4(8)2-1-3-5(6)9/h4H,1-3H2. The molecule has 3 heteroatoms. The minimum Gasteiger partial charge on any atom is -0.242 e. The molecule has 0 N–H and O–H groups in total. The first-order valence-corrected chi connectivity index (χ1v) is 3.69. The first kappa shape index (κ1) is 7.19. The number of hydrogen-bond donors (Lipinski definition) is 0. The SMILES string of the molecule is FC1=C(Br)C(F)CCC1. The number of alkyl halides is 1. The van der Waals surface area contributed by atoms with E-state index in [1.54, 1.807) is 0 Å². The van der Waals surface area contributed by atoms with Gasteiger partial charge in [0, 0.05) is 6.42 Å². The molecule has 0 saturated carbocycles. The maximum Gasteiger partial charge on any atom is 0.134 e. The van der Waals surface area contributed by atoms with Gasteiger partial charge in [0.15, 0.2) is 0 Å². The lowest BCUT2D eigenvalue weighted by atomic mass is 10.1. The maximum absolute atomic E-state index is 12.5. The van der Waals surface area contributed by atoms with Crippen molar-refractivity contribution in [3.05, 3.63) is 10.3 Å². The van der Waals surface area contributed by atoms with E-state index in [1.165, 1.54) is 0 Å². The highest BCUT2D eigenvalue weighted by molar-refractivity contribution is 9.11. The van der Waals surface area contributed by atoms with Crippen LogP contribution in [0.2, 0.25) is 0 Å². The number of rotatable bonds is 0. The van der Waals surface area contributed by atoms with Gasteiger partial charge in [-0.25, -0.2) is 8.78 Å². The van der Waals surface area contributed by atoms with Gasteiger partial charge in [-0.05, 0) is 28.8 Å². The Balaban J connectivity index is 2.72. The Hall–Kier alpha value is 0.0800. The van der Waals surface area contributed by atoms with E-state index in [0.717, 1.165) is 0 Å². The average Bonchev–Trinajstić information content (AvgIpc) is 1.83. The van der Waals surface area contributed by atoms with E-state index >= 15 is 0 Å². The third-order valence-corrected chi connectivity index (χ3v) is 2.32. The predicted molar refractivity (Wildman–Crippen MR) is 35.8 cm³/mol. The fraction of sp³-hybridized carbons (Fsp3) is 0.667. The summed E-state index contributed by atoms with van der Waals surface area (Å²) in [4.78, 5) is 0. The predicted octanol–water partition coefficient (Wildman–Crippen LogP) is 3.08. The lowest BCUT2D eigenvalue weighted by Crippen LogP contribution is -2.06. The zero-order valence-corrected chi connectivity index (χ0v) is 6.42. The Morgan fingerprint density at radius 1 is 1.56 bits per heavy atom. The quantitative estimate of drug-likeness (QED) is 0.559. The van der Waals surface area contributed by atoms with Gasteiger partial charge >= 0.3 is 0 Å². The van der Waals surface area contributed by atoms with Crippen LogP contribution in [0.4, 0.5) is 8.78 Å². The summed E-state index contributed by atoms with van der Waals surface area (Å²) in [6, 6.07) is 0. The molecule has 0 aromatic carbocycles. The van der Waals surface area contributed by atoms with Gasteiger partial charge in [-0.1, -0.05) is 0 Å². The molecule has 0 fully saturated rings. The Bertz CT molecular complexity index is 142. The molecule has 1 rings (SSSR count). The van der Waals surface area contributed by atoms with Crippen molar-refractivity contribution in [1.82, 2.24) is 0 Å². The maximum atomic E-state index is 12.5. The zero-order chi connectivity index (χ0) is 6.85. The molecule has 1 unspecified atom stereocenters. The van der Waals surface area contributed by atoms with E-state index in [-0.39, 0.29) is 10.3 Å². The van der Waals surface area contributed by atoms with Crippen molar-refractivity contribution in [3.63, 3.8) is 0 Å². The van der Waals surface area contributed by atoms with E-state index in [4.69, 9.17) is 0 Å². The molecular formula is C6H7BrF2. The van der Waals surface area contributed by atoms with E-state index in [0.29, 0.717) is 19.3 Å². The minimum atomic E-state index is -1.10. The largest absolute Gasteiger partial charge is 0.242 e. The van der Waals surface area contributed by atoms with Crippen LogP contribution in [-0.4, -0.2) is 6.17 Å². The first-order chi connectivity index (χ1) is 4.22. The smallest absolute Gasteiger partial charge is 0.134 e. The van der Waals surface area contributed by atoms with E-state index in [1.807, 2.05) is 0 Å². The number of halogens is 3. The third-order valence-electron chi connectivity index (χ3n) is 1.39. The second-order valence-electron chi connectivity index (χ2n) is 2.11. The molecule has 0 amide bonds. The topological polar surface area (TPSA) is 0 Å². The summed E-state index contributed by atoms with van der Waals surface area (Å²) in [5.74, 6) is -0.325. The number of hydrogen-bond acceptors (Lipinski definition) is 0. The Kier molecular flexibility index (Phi) is 2.22. The van der Waals surface area contributed by atoms with Gasteiger partial charge in [-0.3, -0.25) is 0 Å². The molecule has 9 heavy (non-hydrogen) atoms. The van der Waals surface area contributed by atoms with Crippen LogP contribution in [0.1, 0.15) is 19.3 Å². The molecule has 1 aliphatic rings. The van der Waals surface area contributed by atoms with Crippen molar-refractivity contribution < 1.29 is 8.78 Å². The molecule has 0 spiro atoms. The average molecular weight is 197 g/mol. The fourth-order valence-corrected chi connectivity index (χ4v) is 1.28. The molecule has 0 bridgehead atoms. The minimum absolute atomic E-state index is 0.119. The zero-order valence-electron chi connectivity index (χ0n) is 4.83. The first-order valence-electron chi connectivity index (χ1n) is 2.90. The number of allylic oxidation sites excluding steroid dienone is 2. The summed E-state index contributed by atoms with van der Waals surface area (Å²) in [6.07, 6.45) is 0.371. The normalized spacial score (nSPS) is 29.0. The Labute approximate surface area is 61.1 Å². The molecule has 1 aliphatic carbocycles. The van der Waals surface area contributed by atoms with Crippen LogP contribution in [0.15, 0.2) is 10.3 Å². The summed E-state index contributed by atoms with van der Waals surface area (Å²) in [6.45, 7) is 0. The summed E-state index contributed by atoms with van der Waals surface area (Å²) in [5.41, 5.74) is 0. The molecule has 52 valence electrons. The summed E-state index contributed by atoms with van der Waals surface area (Å²) < 4.78 is 25.0. The van der Waals surface area contributed by atoms with Crippen LogP contribution >= 0.6 is 15.9 Å². The van der Waals surface area contributed by atoms with Crippen molar-refractivity contribution >= 4 is 15.9 Å². The lowest BCUT2D eigenvalue weighted by molar-refractivity contribution is 0.335. The van der Waals surface area contributed by atoms with E-state index in [9.17, 15) is 8.78 Å². The van der Waals surface area contributed by atoms with E-state index in [2.05, 4.69) is 15.9 Å². The van der Waals surface area contributed by atoms with Crippen LogP contribution in [0.5, 0.6) is 0 Å². The van der Waals surface area contributed by atoms with E-state index < -0.39 is 6.17 Å². The summed E-state index contributed by atoms with van der Waals surface area (Å²) in [7, 11) is 0. The van der Waals surface area contributed by atoms with Crippen molar-refractivity contribution in [2.24, 2.45) is 0 Å². The van der Waals surface area contributed by atoms with Gasteiger partial charge in [-0.2, -0.15) is 0 Å². The van der Waals surface area contributed by atoms with Gasteiger partial charge in [0.1, 0.15) is 12.0 Å². The van der Waals surface area contributed by atoms with Gasteiger partial charge in [-0.15, -0.1) is 0 Å². The van der Waals surface area contributed by atoms with Crippen LogP contribution in [0.3, 0.4) is 0 Å². The van der Waals surface area contributed by atoms with Crippen molar-refractivity contribution in [3.8, 4) is 0 Å². The second kappa shape index (κ2) is 2.78. The highest BCUT2D eigenvalue weighted by Crippen LogP contribution is 2.31. The molecule has 0 aromatic heterocycles. The van der Waals surface area contributed by atoms with Gasteiger partial charge in [0.05, 0.1) is 4.48 Å². The fourth-order valence-electron chi connectivity index (χ4n) is 0.853. The molecule has 0 nitrogen and oxygen atoms in total.